The van der Waals surface area contributed by atoms with Crippen LogP contribution >= 0.6 is 0 Å². The number of unbranched alkanes of at least 4 members (excludes halogenated alkanes) is 17. The molecule has 0 heterocycles. The van der Waals surface area contributed by atoms with E-state index in [1.165, 1.54) is 70.6 Å². The molecule has 0 radical (unpaired) electrons. The molecule has 0 saturated heterocycles. The monoisotopic (exact) mass is 780 g/mol. The summed E-state index contributed by atoms with van der Waals surface area (Å²) in [4.78, 5) is 39.6. The maximum absolute atomic E-state index is 12.8. The number of allylic oxidation sites excluding steroid dienone is 4. The van der Waals surface area contributed by atoms with Gasteiger partial charge in [0.05, 0.1) is 18.8 Å². The highest BCUT2D eigenvalue weighted by Gasteiger charge is 2.19. The molecular formula is C46H85NO8. The van der Waals surface area contributed by atoms with Crippen molar-refractivity contribution in [3.63, 3.8) is 0 Å². The second-order valence-corrected chi connectivity index (χ2v) is 15.3. The number of carbonyl (C=O) groups excluding carboxylic acids is 3. The summed E-state index contributed by atoms with van der Waals surface area (Å²) in [5.41, 5.74) is 0. The maximum Gasteiger partial charge on any atom is 0.307 e. The van der Waals surface area contributed by atoms with E-state index in [0.717, 1.165) is 70.6 Å². The lowest BCUT2D eigenvalue weighted by Crippen LogP contribution is -2.27. The van der Waals surface area contributed by atoms with Gasteiger partial charge < -0.3 is 28.6 Å². The molecule has 0 bridgehead atoms. The molecule has 0 fully saturated rings. The van der Waals surface area contributed by atoms with Crippen LogP contribution in [0.1, 0.15) is 188 Å². The van der Waals surface area contributed by atoms with Crippen LogP contribution in [-0.2, 0) is 38.1 Å². The molecule has 0 saturated carbocycles. The largest absolute Gasteiger partial charge is 0.465 e. The van der Waals surface area contributed by atoms with E-state index < -0.39 is 12.2 Å². The van der Waals surface area contributed by atoms with Gasteiger partial charge in [0.25, 0.3) is 0 Å². The minimum Gasteiger partial charge on any atom is -0.465 e. The lowest BCUT2D eigenvalue weighted by molar-refractivity contribution is -0.162. The van der Waals surface area contributed by atoms with Crippen molar-refractivity contribution >= 4 is 17.9 Å². The zero-order valence-corrected chi connectivity index (χ0v) is 36.3. The first-order valence-corrected chi connectivity index (χ1v) is 22.5. The van der Waals surface area contributed by atoms with Crippen LogP contribution in [0.25, 0.3) is 0 Å². The van der Waals surface area contributed by atoms with Gasteiger partial charge in [0.15, 0.2) is 6.29 Å². The molecule has 0 amide bonds. The Labute approximate surface area is 338 Å². The summed E-state index contributed by atoms with van der Waals surface area (Å²) in [6.07, 6.45) is 34.9. The van der Waals surface area contributed by atoms with E-state index in [1.54, 1.807) is 0 Å². The first kappa shape index (κ1) is 52.8. The molecular weight excluding hydrogens is 695 g/mol. The van der Waals surface area contributed by atoms with Crippen LogP contribution < -0.4 is 0 Å². The molecule has 0 aromatic heterocycles. The van der Waals surface area contributed by atoms with Crippen molar-refractivity contribution in [1.29, 1.82) is 0 Å². The van der Waals surface area contributed by atoms with E-state index in [2.05, 4.69) is 45.1 Å². The molecule has 0 aromatic carbocycles. The normalized spacial score (nSPS) is 12.8. The number of carbonyl (C=O) groups is 3. The van der Waals surface area contributed by atoms with Crippen molar-refractivity contribution in [3.8, 4) is 0 Å². The molecule has 0 aromatic rings. The van der Waals surface area contributed by atoms with Gasteiger partial charge in [-0.15, -0.1) is 0 Å². The predicted molar refractivity (Wildman–Crippen MR) is 226 cm³/mol. The molecule has 322 valence electrons. The number of esters is 3. The highest BCUT2D eigenvalue weighted by molar-refractivity contribution is 5.70. The Kier molecular flexibility index (Phi) is 39.7. The molecule has 9 heteroatoms. The van der Waals surface area contributed by atoms with Gasteiger partial charge >= 0.3 is 17.9 Å². The van der Waals surface area contributed by atoms with Crippen LogP contribution in [0.5, 0.6) is 0 Å². The molecule has 0 aliphatic carbocycles. The van der Waals surface area contributed by atoms with Crippen molar-refractivity contribution in [2.75, 3.05) is 53.7 Å². The molecule has 0 N–H and O–H groups in total. The number of hydrogen-bond donors (Lipinski definition) is 0. The summed E-state index contributed by atoms with van der Waals surface area (Å²) in [5.74, 6) is -1.43. The quantitative estimate of drug-likeness (QED) is 0.0197. The van der Waals surface area contributed by atoms with Crippen molar-refractivity contribution in [2.24, 2.45) is 5.92 Å². The number of nitrogens with zero attached hydrogens (tertiary/aromatic N) is 1. The van der Waals surface area contributed by atoms with E-state index in [9.17, 15) is 14.4 Å². The van der Waals surface area contributed by atoms with Crippen LogP contribution in [0.2, 0.25) is 0 Å². The summed E-state index contributed by atoms with van der Waals surface area (Å²) in [6, 6.07) is 0. The fraction of sp³-hybridized carbons (Fsp3) is 0.848. The third kappa shape index (κ3) is 39.8. The van der Waals surface area contributed by atoms with Crippen LogP contribution in [0, 0.1) is 5.92 Å². The van der Waals surface area contributed by atoms with Crippen molar-refractivity contribution in [2.45, 2.75) is 194 Å². The smallest absolute Gasteiger partial charge is 0.307 e. The van der Waals surface area contributed by atoms with Gasteiger partial charge in [-0.3, -0.25) is 14.4 Å². The molecule has 2 atom stereocenters. The highest BCUT2D eigenvalue weighted by atomic mass is 16.7. The minimum atomic E-state index is -0.446. The highest BCUT2D eigenvalue weighted by Crippen LogP contribution is 2.13. The van der Waals surface area contributed by atoms with Gasteiger partial charge in [0.1, 0.15) is 19.8 Å². The first-order chi connectivity index (χ1) is 26.8. The van der Waals surface area contributed by atoms with E-state index in [1.807, 2.05) is 19.0 Å². The third-order valence-electron chi connectivity index (χ3n) is 9.47. The van der Waals surface area contributed by atoms with E-state index in [4.69, 9.17) is 23.7 Å². The van der Waals surface area contributed by atoms with Crippen molar-refractivity contribution in [3.05, 3.63) is 24.3 Å². The fourth-order valence-corrected chi connectivity index (χ4v) is 5.86. The molecule has 0 spiro atoms. The minimum absolute atomic E-state index is 0.00165. The van der Waals surface area contributed by atoms with Gasteiger partial charge in [0, 0.05) is 32.6 Å². The van der Waals surface area contributed by atoms with E-state index >= 15 is 0 Å². The second-order valence-electron chi connectivity index (χ2n) is 15.3. The molecule has 55 heavy (non-hydrogen) atoms. The zero-order chi connectivity index (χ0) is 40.5. The molecule has 0 aliphatic heterocycles. The van der Waals surface area contributed by atoms with Crippen molar-refractivity contribution < 1.29 is 38.1 Å². The summed E-state index contributed by atoms with van der Waals surface area (Å²) in [5, 5.41) is 0. The first-order valence-electron chi connectivity index (χ1n) is 22.5. The van der Waals surface area contributed by atoms with Crippen LogP contribution in [0.3, 0.4) is 0 Å². The lowest BCUT2D eigenvalue weighted by atomic mass is 10.1. The number of hydrogen-bond acceptors (Lipinski definition) is 9. The van der Waals surface area contributed by atoms with Crippen molar-refractivity contribution in [1.82, 2.24) is 4.90 Å². The van der Waals surface area contributed by atoms with E-state index in [-0.39, 0.29) is 50.6 Å². The Balaban J connectivity index is 4.66. The third-order valence-corrected chi connectivity index (χ3v) is 9.47. The Bertz CT molecular complexity index is 937. The summed E-state index contributed by atoms with van der Waals surface area (Å²) in [6.45, 7) is 8.50. The average Bonchev–Trinajstić information content (AvgIpc) is 3.17. The Morgan fingerprint density at radius 3 is 1.44 bits per heavy atom. The number of rotatable bonds is 41. The summed E-state index contributed by atoms with van der Waals surface area (Å²) >= 11 is 0. The van der Waals surface area contributed by atoms with Gasteiger partial charge in [-0.1, -0.05) is 135 Å². The molecule has 0 rings (SSSR count). The fourth-order valence-electron chi connectivity index (χ4n) is 5.86. The van der Waals surface area contributed by atoms with Gasteiger partial charge in [-0.25, -0.2) is 0 Å². The second kappa shape index (κ2) is 41.4. The molecule has 2 unspecified atom stereocenters. The van der Waals surface area contributed by atoms with Crippen LogP contribution in [0.15, 0.2) is 24.3 Å². The van der Waals surface area contributed by atoms with Gasteiger partial charge in [-0.05, 0) is 65.5 Å². The Morgan fingerprint density at radius 1 is 0.491 bits per heavy atom. The van der Waals surface area contributed by atoms with E-state index in [0.29, 0.717) is 32.6 Å². The van der Waals surface area contributed by atoms with Crippen LogP contribution in [-0.4, -0.2) is 82.8 Å². The van der Waals surface area contributed by atoms with Gasteiger partial charge in [0.2, 0.25) is 0 Å². The lowest BCUT2D eigenvalue weighted by Gasteiger charge is -2.20. The summed E-state index contributed by atoms with van der Waals surface area (Å²) in [7, 11) is 3.79. The standard InChI is InChI=1S/C46H85NO8/c1-6-9-12-15-17-18-19-20-21-22-23-24-25-26-29-32-43(48)53-39-42(41-55-45(50)35-36-47(4)5)40-54-44(49)33-34-46(51-37-30-27-14-11-8-3)52-38-31-28-16-13-10-7-2/h17-18,20-21,42,46H,6-16,19,22-41H2,1-5H3/b18-17+,21-20+. The SMILES string of the molecule is CCCCC/C=C/C/C=C/CCCCCCCC(=O)OCC(COC(=O)CCC(OCCCCCCC)OCCCCCCCC)COC(=O)CCN(C)C. The topological polar surface area (TPSA) is 101 Å². The van der Waals surface area contributed by atoms with Crippen LogP contribution in [0.4, 0.5) is 0 Å². The molecule has 0 aliphatic rings. The zero-order valence-electron chi connectivity index (χ0n) is 36.3. The Hall–Kier alpha value is -2.23. The molecule has 9 nitrogen and oxygen atoms in total. The summed E-state index contributed by atoms with van der Waals surface area (Å²) < 4.78 is 28.8. The maximum atomic E-state index is 12.8. The predicted octanol–water partition coefficient (Wildman–Crippen LogP) is 11.5. The average molecular weight is 780 g/mol. The Morgan fingerprint density at radius 2 is 0.909 bits per heavy atom. The number of ether oxygens (including phenoxy) is 5. The van der Waals surface area contributed by atoms with Gasteiger partial charge in [-0.2, -0.15) is 0 Å².